The molecule has 2 rings (SSSR count). The van der Waals surface area contributed by atoms with Gasteiger partial charge < -0.3 is 5.32 Å². The van der Waals surface area contributed by atoms with Crippen molar-refractivity contribution >= 4 is 5.69 Å². The Morgan fingerprint density at radius 1 is 1.44 bits per heavy atom. The molecule has 0 aliphatic heterocycles. The molecule has 2 nitrogen and oxygen atoms in total. The van der Waals surface area contributed by atoms with Gasteiger partial charge in [-0.05, 0) is 36.8 Å². The first kappa shape index (κ1) is 11.0. The second kappa shape index (κ2) is 4.17. The minimum absolute atomic E-state index is 0.439. The Morgan fingerprint density at radius 3 is 2.75 bits per heavy atom. The maximum absolute atomic E-state index is 9.05. The monoisotopic (exact) mass is 214 g/mol. The van der Waals surface area contributed by atoms with Crippen molar-refractivity contribution in [3.8, 4) is 6.07 Å². The van der Waals surface area contributed by atoms with Crippen LogP contribution in [0.15, 0.2) is 18.2 Å². The zero-order valence-electron chi connectivity index (χ0n) is 10.0. The molecule has 0 radical (unpaired) electrons. The molecule has 1 saturated carbocycles. The maximum atomic E-state index is 9.05. The molecule has 1 fully saturated rings. The van der Waals surface area contributed by atoms with Crippen molar-refractivity contribution in [1.29, 1.82) is 5.26 Å². The number of aryl methyl sites for hydroxylation is 1. The van der Waals surface area contributed by atoms with Crippen LogP contribution >= 0.6 is 0 Å². The minimum atomic E-state index is 0.439. The van der Waals surface area contributed by atoms with Crippen molar-refractivity contribution in [2.75, 3.05) is 11.9 Å². The summed E-state index contributed by atoms with van der Waals surface area (Å²) in [4.78, 5) is 0. The van der Waals surface area contributed by atoms with Gasteiger partial charge in [-0.25, -0.2) is 0 Å². The largest absolute Gasteiger partial charge is 0.383 e. The third-order valence-electron chi connectivity index (χ3n) is 3.65. The Morgan fingerprint density at radius 2 is 2.19 bits per heavy atom. The molecular formula is C14H18N2. The second-order valence-corrected chi connectivity index (χ2v) is 5.13. The molecule has 1 aliphatic rings. The summed E-state index contributed by atoms with van der Waals surface area (Å²) in [5.74, 6) is 0. The Bertz CT molecular complexity index is 425. The normalized spacial score (nSPS) is 17.3. The van der Waals surface area contributed by atoms with Crippen LogP contribution in [0, 0.1) is 23.7 Å². The van der Waals surface area contributed by atoms with Crippen molar-refractivity contribution in [3.05, 3.63) is 29.3 Å². The van der Waals surface area contributed by atoms with Crippen LogP contribution in [0.1, 0.15) is 37.3 Å². The summed E-state index contributed by atoms with van der Waals surface area (Å²) in [5, 5.41) is 12.5. The van der Waals surface area contributed by atoms with Crippen LogP contribution in [0.3, 0.4) is 0 Å². The van der Waals surface area contributed by atoms with Crippen LogP contribution in [-0.2, 0) is 0 Å². The van der Waals surface area contributed by atoms with Gasteiger partial charge >= 0.3 is 0 Å². The van der Waals surface area contributed by atoms with Crippen molar-refractivity contribution in [3.63, 3.8) is 0 Å². The van der Waals surface area contributed by atoms with Crippen molar-refractivity contribution < 1.29 is 0 Å². The summed E-state index contributed by atoms with van der Waals surface area (Å²) in [6, 6.07) is 8.10. The van der Waals surface area contributed by atoms with Crippen molar-refractivity contribution in [2.24, 2.45) is 5.41 Å². The molecule has 84 valence electrons. The Hall–Kier alpha value is -1.49. The number of anilines is 1. The molecule has 0 saturated heterocycles. The predicted molar refractivity (Wildman–Crippen MR) is 66.3 cm³/mol. The molecule has 16 heavy (non-hydrogen) atoms. The summed E-state index contributed by atoms with van der Waals surface area (Å²) in [5.41, 5.74) is 3.36. The summed E-state index contributed by atoms with van der Waals surface area (Å²) >= 11 is 0. The SMILES string of the molecule is Cc1cccc(C#N)c1NCC1(C)CCC1. The number of hydrogen-bond acceptors (Lipinski definition) is 2. The first-order chi connectivity index (χ1) is 7.64. The van der Waals surface area contributed by atoms with E-state index in [0.29, 0.717) is 5.41 Å². The van der Waals surface area contributed by atoms with Gasteiger partial charge in [0.1, 0.15) is 6.07 Å². The number of rotatable bonds is 3. The maximum Gasteiger partial charge on any atom is 0.101 e. The average Bonchev–Trinajstić information content (AvgIpc) is 2.24. The smallest absolute Gasteiger partial charge is 0.101 e. The zero-order valence-corrected chi connectivity index (χ0v) is 10.0. The first-order valence-corrected chi connectivity index (χ1v) is 5.88. The molecule has 1 aliphatic carbocycles. The lowest BCUT2D eigenvalue weighted by molar-refractivity contribution is 0.180. The minimum Gasteiger partial charge on any atom is -0.383 e. The lowest BCUT2D eigenvalue weighted by Gasteiger charge is -2.39. The molecule has 0 spiro atoms. The lowest BCUT2D eigenvalue weighted by atomic mass is 9.70. The molecule has 0 atom stereocenters. The third-order valence-corrected chi connectivity index (χ3v) is 3.65. The fourth-order valence-corrected chi connectivity index (χ4v) is 2.25. The van der Waals surface area contributed by atoms with Crippen LogP contribution in [0.5, 0.6) is 0 Å². The average molecular weight is 214 g/mol. The van der Waals surface area contributed by atoms with Crippen LogP contribution in [0.4, 0.5) is 5.69 Å². The summed E-state index contributed by atoms with van der Waals surface area (Å²) in [6.45, 7) is 5.34. The van der Waals surface area contributed by atoms with E-state index in [9.17, 15) is 0 Å². The zero-order chi connectivity index (χ0) is 11.6. The molecule has 1 aromatic rings. The highest BCUT2D eigenvalue weighted by atomic mass is 14.9. The fraction of sp³-hybridized carbons (Fsp3) is 0.500. The Labute approximate surface area is 97.3 Å². The fourth-order valence-electron chi connectivity index (χ4n) is 2.25. The molecular weight excluding hydrogens is 196 g/mol. The molecule has 0 unspecified atom stereocenters. The van der Waals surface area contributed by atoms with Crippen molar-refractivity contribution in [1.82, 2.24) is 0 Å². The van der Waals surface area contributed by atoms with E-state index < -0.39 is 0 Å². The number of hydrogen-bond donors (Lipinski definition) is 1. The number of nitriles is 1. The van der Waals surface area contributed by atoms with E-state index in [4.69, 9.17) is 5.26 Å². The van der Waals surface area contributed by atoms with Gasteiger partial charge in [0.2, 0.25) is 0 Å². The van der Waals surface area contributed by atoms with Gasteiger partial charge in [0.25, 0.3) is 0 Å². The van der Waals surface area contributed by atoms with Crippen molar-refractivity contribution in [2.45, 2.75) is 33.1 Å². The highest BCUT2D eigenvalue weighted by Crippen LogP contribution is 2.40. The van der Waals surface area contributed by atoms with Gasteiger partial charge in [-0.3, -0.25) is 0 Å². The predicted octanol–water partition coefficient (Wildman–Crippen LogP) is 3.47. The van der Waals surface area contributed by atoms with Crippen LogP contribution in [0.2, 0.25) is 0 Å². The molecule has 2 heteroatoms. The summed E-state index contributed by atoms with van der Waals surface area (Å²) in [7, 11) is 0. The number of nitrogens with one attached hydrogen (secondary N) is 1. The van der Waals surface area contributed by atoms with E-state index in [2.05, 4.69) is 18.3 Å². The van der Waals surface area contributed by atoms with Crippen LogP contribution < -0.4 is 5.32 Å². The van der Waals surface area contributed by atoms with E-state index in [-0.39, 0.29) is 0 Å². The molecule has 1 aromatic carbocycles. The first-order valence-electron chi connectivity index (χ1n) is 5.88. The van der Waals surface area contributed by atoms with Gasteiger partial charge in [0.05, 0.1) is 11.3 Å². The van der Waals surface area contributed by atoms with E-state index in [0.717, 1.165) is 23.4 Å². The van der Waals surface area contributed by atoms with E-state index >= 15 is 0 Å². The van der Waals surface area contributed by atoms with E-state index in [1.54, 1.807) is 0 Å². The summed E-state index contributed by atoms with van der Waals surface area (Å²) in [6.07, 6.45) is 3.94. The highest BCUT2D eigenvalue weighted by molar-refractivity contribution is 5.62. The standard InChI is InChI=1S/C14H18N2/c1-11-5-3-6-12(9-15)13(11)16-10-14(2)7-4-8-14/h3,5-6,16H,4,7-8,10H2,1-2H3. The molecule has 0 amide bonds. The third kappa shape index (κ3) is 2.04. The van der Waals surface area contributed by atoms with Gasteiger partial charge in [-0.2, -0.15) is 5.26 Å². The van der Waals surface area contributed by atoms with Crippen LogP contribution in [0.25, 0.3) is 0 Å². The molecule has 0 aromatic heterocycles. The molecule has 0 heterocycles. The van der Waals surface area contributed by atoms with E-state index in [1.165, 1.54) is 19.3 Å². The Balaban J connectivity index is 2.12. The number of benzene rings is 1. The second-order valence-electron chi connectivity index (χ2n) is 5.13. The molecule has 0 bridgehead atoms. The summed E-state index contributed by atoms with van der Waals surface area (Å²) < 4.78 is 0. The quantitative estimate of drug-likeness (QED) is 0.836. The molecule has 1 N–H and O–H groups in total. The van der Waals surface area contributed by atoms with Gasteiger partial charge in [-0.1, -0.05) is 25.5 Å². The topological polar surface area (TPSA) is 35.8 Å². The van der Waals surface area contributed by atoms with Gasteiger partial charge in [0, 0.05) is 6.54 Å². The highest BCUT2D eigenvalue weighted by Gasteiger charge is 2.31. The van der Waals surface area contributed by atoms with Gasteiger partial charge in [-0.15, -0.1) is 0 Å². The lowest BCUT2D eigenvalue weighted by Crippen LogP contribution is -2.33. The van der Waals surface area contributed by atoms with Crippen LogP contribution in [-0.4, -0.2) is 6.54 Å². The number of nitrogens with zero attached hydrogens (tertiary/aromatic N) is 1. The van der Waals surface area contributed by atoms with E-state index in [1.807, 2.05) is 25.1 Å². The number of para-hydroxylation sites is 1. The van der Waals surface area contributed by atoms with Gasteiger partial charge in [0.15, 0.2) is 0 Å². The Kier molecular flexibility index (Phi) is 2.87.